The molecule has 3 aromatic heterocycles. The smallest absolute Gasteiger partial charge is 0.318 e. The maximum Gasteiger partial charge on any atom is 0.318 e. The summed E-state index contributed by atoms with van der Waals surface area (Å²) in [6, 6.07) is 1.50. The van der Waals surface area contributed by atoms with Gasteiger partial charge < -0.3 is 14.8 Å². The predicted octanol–water partition coefficient (Wildman–Crippen LogP) is 1.80. The number of nitrogens with one attached hydrogen (secondary N) is 1. The van der Waals surface area contributed by atoms with E-state index in [0.29, 0.717) is 53.5 Å². The Balaban J connectivity index is 1.59. The zero-order chi connectivity index (χ0) is 21.4. The first-order valence-electron chi connectivity index (χ1n) is 9.66. The number of nitrogens with zero attached hydrogens (tertiary/aromatic N) is 5. The van der Waals surface area contributed by atoms with Crippen LogP contribution in [0.3, 0.4) is 0 Å². The summed E-state index contributed by atoms with van der Waals surface area (Å²) in [7, 11) is 1.55. The van der Waals surface area contributed by atoms with E-state index in [2.05, 4.69) is 20.2 Å². The summed E-state index contributed by atoms with van der Waals surface area (Å²) >= 11 is 7.40. The molecule has 4 heterocycles. The fourth-order valence-corrected chi connectivity index (χ4v) is 4.76. The largest absolute Gasteiger partial charge is 0.352 e. The van der Waals surface area contributed by atoms with Crippen LogP contribution in [0, 0.1) is 0 Å². The van der Waals surface area contributed by atoms with Crippen molar-refractivity contribution in [3.8, 4) is 0 Å². The molecule has 9 nitrogen and oxygen atoms in total. The van der Waals surface area contributed by atoms with Gasteiger partial charge in [0, 0.05) is 38.9 Å². The molecule has 0 aromatic carbocycles. The number of pyridine rings is 1. The van der Waals surface area contributed by atoms with E-state index in [1.54, 1.807) is 19.3 Å². The highest BCUT2D eigenvalue weighted by atomic mass is 35.5. The number of carbonyl (C=O) groups is 1. The van der Waals surface area contributed by atoms with Crippen molar-refractivity contribution in [2.75, 3.05) is 24.5 Å². The molecule has 3 aromatic rings. The first-order chi connectivity index (χ1) is 14.4. The third-order valence-electron chi connectivity index (χ3n) is 5.26. The van der Waals surface area contributed by atoms with Gasteiger partial charge in [-0.1, -0.05) is 22.9 Å². The molecule has 4 rings (SSSR count). The number of piperidine rings is 1. The second-order valence-corrected chi connectivity index (χ2v) is 8.57. The van der Waals surface area contributed by atoms with E-state index in [1.165, 1.54) is 26.7 Å². The SMILES string of the molecule is CCNC(=O)c1cnc(N2CCC(n3c(=O)c(=O)n(C)c4cc(Cl)cnc43)CC2)s1. The molecule has 1 N–H and O–H groups in total. The van der Waals surface area contributed by atoms with E-state index in [1.807, 2.05) is 6.92 Å². The molecule has 1 aliphatic rings. The highest BCUT2D eigenvalue weighted by Crippen LogP contribution is 2.30. The summed E-state index contributed by atoms with van der Waals surface area (Å²) in [4.78, 5) is 48.6. The zero-order valence-corrected chi connectivity index (χ0v) is 18.2. The van der Waals surface area contributed by atoms with Gasteiger partial charge in [-0.15, -0.1) is 0 Å². The van der Waals surface area contributed by atoms with Crippen molar-refractivity contribution in [2.45, 2.75) is 25.8 Å². The second-order valence-electron chi connectivity index (χ2n) is 7.12. The van der Waals surface area contributed by atoms with Crippen LogP contribution in [0.1, 0.15) is 35.5 Å². The van der Waals surface area contributed by atoms with E-state index < -0.39 is 11.1 Å². The topological polar surface area (TPSA) is 102 Å². The second kappa shape index (κ2) is 8.19. The Kier molecular flexibility index (Phi) is 5.61. The van der Waals surface area contributed by atoms with Gasteiger partial charge in [0.25, 0.3) is 5.91 Å². The van der Waals surface area contributed by atoms with Gasteiger partial charge in [0.15, 0.2) is 10.8 Å². The van der Waals surface area contributed by atoms with Crippen LogP contribution >= 0.6 is 22.9 Å². The lowest BCUT2D eigenvalue weighted by Gasteiger charge is -2.33. The van der Waals surface area contributed by atoms with Crippen molar-refractivity contribution < 1.29 is 4.79 Å². The molecule has 158 valence electrons. The molecule has 1 saturated heterocycles. The van der Waals surface area contributed by atoms with Gasteiger partial charge in [-0.3, -0.25) is 19.0 Å². The van der Waals surface area contributed by atoms with Gasteiger partial charge in [0.05, 0.1) is 16.7 Å². The van der Waals surface area contributed by atoms with Gasteiger partial charge in [0.1, 0.15) is 4.88 Å². The van der Waals surface area contributed by atoms with Crippen molar-refractivity contribution in [1.82, 2.24) is 24.4 Å². The number of fused-ring (bicyclic) bond motifs is 1. The maximum absolute atomic E-state index is 12.8. The fraction of sp³-hybridized carbons (Fsp3) is 0.421. The molecule has 0 unspecified atom stereocenters. The van der Waals surface area contributed by atoms with Crippen molar-refractivity contribution in [3.63, 3.8) is 0 Å². The van der Waals surface area contributed by atoms with Crippen molar-refractivity contribution in [2.24, 2.45) is 7.05 Å². The van der Waals surface area contributed by atoms with Crippen LogP contribution < -0.4 is 21.3 Å². The summed E-state index contributed by atoms with van der Waals surface area (Å²) < 4.78 is 2.80. The highest BCUT2D eigenvalue weighted by molar-refractivity contribution is 7.17. The molecule has 0 saturated carbocycles. The minimum Gasteiger partial charge on any atom is -0.352 e. The average Bonchev–Trinajstić information content (AvgIpc) is 3.24. The van der Waals surface area contributed by atoms with Gasteiger partial charge in [-0.25, -0.2) is 9.97 Å². The lowest BCUT2D eigenvalue weighted by atomic mass is 10.0. The molecule has 0 bridgehead atoms. The average molecular weight is 449 g/mol. The van der Waals surface area contributed by atoms with E-state index in [9.17, 15) is 14.4 Å². The third-order valence-corrected chi connectivity index (χ3v) is 6.53. The van der Waals surface area contributed by atoms with Crippen LogP contribution in [0.15, 0.2) is 28.0 Å². The summed E-state index contributed by atoms with van der Waals surface area (Å²) in [5.41, 5.74) is -0.190. The van der Waals surface area contributed by atoms with Gasteiger partial charge in [-0.05, 0) is 25.8 Å². The van der Waals surface area contributed by atoms with E-state index in [0.717, 1.165) is 5.13 Å². The zero-order valence-electron chi connectivity index (χ0n) is 16.6. The molecule has 0 atom stereocenters. The number of anilines is 1. The first-order valence-corrected chi connectivity index (χ1v) is 10.9. The van der Waals surface area contributed by atoms with Gasteiger partial charge >= 0.3 is 11.1 Å². The fourth-order valence-electron chi connectivity index (χ4n) is 3.72. The first kappa shape index (κ1) is 20.5. The summed E-state index contributed by atoms with van der Waals surface area (Å²) in [6.45, 7) is 3.75. The van der Waals surface area contributed by atoms with Crippen molar-refractivity contribution >= 4 is 45.1 Å². The monoisotopic (exact) mass is 448 g/mol. The van der Waals surface area contributed by atoms with Crippen LogP contribution in [-0.2, 0) is 7.05 Å². The Morgan fingerprint density at radius 3 is 2.67 bits per heavy atom. The molecular formula is C19H21ClN6O3S. The number of thiazole rings is 1. The highest BCUT2D eigenvalue weighted by Gasteiger charge is 2.26. The normalized spacial score (nSPS) is 15.0. The van der Waals surface area contributed by atoms with Crippen molar-refractivity contribution in [1.29, 1.82) is 0 Å². The van der Waals surface area contributed by atoms with Gasteiger partial charge in [-0.2, -0.15) is 0 Å². The predicted molar refractivity (Wildman–Crippen MR) is 117 cm³/mol. The molecule has 0 aliphatic carbocycles. The lowest BCUT2D eigenvalue weighted by Crippen LogP contribution is -2.45. The van der Waals surface area contributed by atoms with Crippen molar-refractivity contribution in [3.05, 3.63) is 49.1 Å². The maximum atomic E-state index is 12.8. The number of hydrogen-bond acceptors (Lipinski definition) is 7. The third kappa shape index (κ3) is 3.61. The Morgan fingerprint density at radius 1 is 1.23 bits per heavy atom. The Bertz CT molecular complexity index is 1230. The van der Waals surface area contributed by atoms with E-state index in [-0.39, 0.29) is 11.9 Å². The Hall–Kier alpha value is -2.72. The minimum absolute atomic E-state index is 0.126. The number of carbonyl (C=O) groups excluding carboxylic acids is 1. The minimum atomic E-state index is -0.597. The Labute approximate surface area is 180 Å². The molecule has 1 amide bonds. The molecule has 11 heteroatoms. The number of aryl methyl sites for hydroxylation is 1. The molecule has 1 fully saturated rings. The summed E-state index contributed by atoms with van der Waals surface area (Å²) in [6.07, 6.45) is 4.38. The molecule has 30 heavy (non-hydrogen) atoms. The molecular weight excluding hydrogens is 428 g/mol. The summed E-state index contributed by atoms with van der Waals surface area (Å²) in [5, 5.41) is 3.96. The number of hydrogen-bond donors (Lipinski definition) is 1. The Morgan fingerprint density at radius 2 is 1.97 bits per heavy atom. The molecule has 0 spiro atoms. The molecule has 0 radical (unpaired) electrons. The quantitative estimate of drug-likeness (QED) is 0.610. The number of amides is 1. The molecule has 1 aliphatic heterocycles. The lowest BCUT2D eigenvalue weighted by molar-refractivity contribution is 0.0959. The van der Waals surface area contributed by atoms with E-state index in [4.69, 9.17) is 11.6 Å². The van der Waals surface area contributed by atoms with Crippen LogP contribution in [0.2, 0.25) is 5.02 Å². The summed E-state index contributed by atoms with van der Waals surface area (Å²) in [5.74, 6) is -0.126. The van der Waals surface area contributed by atoms with Crippen LogP contribution in [0.25, 0.3) is 11.2 Å². The van der Waals surface area contributed by atoms with Crippen LogP contribution in [0.4, 0.5) is 5.13 Å². The standard InChI is InChI=1S/C19H21ClN6O3S/c1-3-21-16(27)14-10-23-19(30-14)25-6-4-12(5-7-25)26-15-13(8-11(20)9-22-15)24(2)17(28)18(26)29/h8-10,12H,3-7H2,1-2H3,(H,21,27). The van der Waals surface area contributed by atoms with Crippen LogP contribution in [-0.4, -0.2) is 44.6 Å². The van der Waals surface area contributed by atoms with Crippen LogP contribution in [0.5, 0.6) is 0 Å². The number of aromatic nitrogens is 4. The number of halogens is 1. The van der Waals surface area contributed by atoms with Gasteiger partial charge in [0.2, 0.25) is 0 Å². The van der Waals surface area contributed by atoms with E-state index >= 15 is 0 Å². The number of rotatable bonds is 4.